The van der Waals surface area contributed by atoms with Crippen LogP contribution in [0.2, 0.25) is 0 Å². The standard InChI is InChI=1S/C13H17FN2O3/c1-18-13(17)9-7-12(10(14)8-11(9)15)16-3-2-5-19-6-4-16/h7-8H,2-6,15H2,1H3. The van der Waals surface area contributed by atoms with Gasteiger partial charge in [0.05, 0.1) is 25.0 Å². The molecule has 0 saturated carbocycles. The Hall–Kier alpha value is -1.82. The zero-order valence-electron chi connectivity index (χ0n) is 10.8. The van der Waals surface area contributed by atoms with Gasteiger partial charge in [0.2, 0.25) is 0 Å². The Balaban J connectivity index is 2.35. The van der Waals surface area contributed by atoms with E-state index in [1.54, 1.807) is 0 Å². The van der Waals surface area contributed by atoms with E-state index in [4.69, 9.17) is 10.5 Å². The van der Waals surface area contributed by atoms with Crippen LogP contribution in [0, 0.1) is 5.82 Å². The summed E-state index contributed by atoms with van der Waals surface area (Å²) in [5, 5.41) is 0. The number of carbonyl (C=O) groups is 1. The van der Waals surface area contributed by atoms with E-state index >= 15 is 0 Å². The molecule has 1 aliphatic rings. The van der Waals surface area contributed by atoms with Crippen LogP contribution in [0.1, 0.15) is 16.8 Å². The van der Waals surface area contributed by atoms with E-state index in [-0.39, 0.29) is 11.3 Å². The Labute approximate surface area is 111 Å². The van der Waals surface area contributed by atoms with Crippen molar-refractivity contribution >= 4 is 17.3 Å². The van der Waals surface area contributed by atoms with Crippen molar-refractivity contribution in [2.45, 2.75) is 6.42 Å². The number of nitrogens with zero attached hydrogens (tertiary/aromatic N) is 1. The van der Waals surface area contributed by atoms with Gasteiger partial charge in [0.1, 0.15) is 5.82 Å². The minimum atomic E-state index is -0.565. The average molecular weight is 268 g/mol. The molecule has 1 fully saturated rings. The van der Waals surface area contributed by atoms with Crippen molar-refractivity contribution in [1.82, 2.24) is 0 Å². The van der Waals surface area contributed by atoms with E-state index in [2.05, 4.69) is 4.74 Å². The SMILES string of the molecule is COC(=O)c1cc(N2CCCOCC2)c(F)cc1N. The number of halogens is 1. The third kappa shape index (κ3) is 2.96. The number of hydrogen-bond donors (Lipinski definition) is 1. The number of methoxy groups -OCH3 is 1. The van der Waals surface area contributed by atoms with Gasteiger partial charge in [0.15, 0.2) is 0 Å². The molecular weight excluding hydrogens is 251 g/mol. The Kier molecular flexibility index (Phi) is 4.21. The highest BCUT2D eigenvalue weighted by molar-refractivity contribution is 5.96. The molecule has 0 bridgehead atoms. The fourth-order valence-electron chi connectivity index (χ4n) is 2.09. The predicted molar refractivity (Wildman–Crippen MR) is 69.8 cm³/mol. The first-order valence-corrected chi connectivity index (χ1v) is 6.13. The second-order valence-corrected chi connectivity index (χ2v) is 4.34. The van der Waals surface area contributed by atoms with Crippen molar-refractivity contribution in [3.63, 3.8) is 0 Å². The highest BCUT2D eigenvalue weighted by Gasteiger charge is 2.19. The van der Waals surface area contributed by atoms with E-state index in [1.165, 1.54) is 13.2 Å². The summed E-state index contributed by atoms with van der Waals surface area (Å²) in [4.78, 5) is 13.4. The summed E-state index contributed by atoms with van der Waals surface area (Å²) in [7, 11) is 1.27. The highest BCUT2D eigenvalue weighted by Crippen LogP contribution is 2.26. The molecule has 1 saturated heterocycles. The predicted octanol–water partition coefficient (Wildman–Crippen LogP) is 1.42. The van der Waals surface area contributed by atoms with Crippen molar-refractivity contribution in [1.29, 1.82) is 0 Å². The molecule has 1 aromatic rings. The molecule has 0 atom stereocenters. The van der Waals surface area contributed by atoms with Gasteiger partial charge in [0.25, 0.3) is 0 Å². The van der Waals surface area contributed by atoms with Crippen LogP contribution in [0.15, 0.2) is 12.1 Å². The molecule has 0 amide bonds. The molecule has 1 aliphatic heterocycles. The fraction of sp³-hybridized carbons (Fsp3) is 0.462. The van der Waals surface area contributed by atoms with Crippen molar-refractivity contribution in [2.24, 2.45) is 0 Å². The molecule has 6 heteroatoms. The molecule has 0 aliphatic carbocycles. The second-order valence-electron chi connectivity index (χ2n) is 4.34. The van der Waals surface area contributed by atoms with E-state index in [0.717, 1.165) is 12.5 Å². The Bertz CT molecular complexity index is 471. The lowest BCUT2D eigenvalue weighted by Crippen LogP contribution is -2.27. The molecule has 0 unspecified atom stereocenters. The highest BCUT2D eigenvalue weighted by atomic mass is 19.1. The van der Waals surface area contributed by atoms with Crippen LogP contribution >= 0.6 is 0 Å². The van der Waals surface area contributed by atoms with E-state index in [1.807, 2.05) is 4.90 Å². The molecule has 1 heterocycles. The maximum Gasteiger partial charge on any atom is 0.340 e. The normalized spacial score (nSPS) is 16.0. The summed E-state index contributed by atoms with van der Waals surface area (Å²) < 4.78 is 24.0. The van der Waals surface area contributed by atoms with Gasteiger partial charge in [-0.3, -0.25) is 0 Å². The summed E-state index contributed by atoms with van der Waals surface area (Å²) in [6.45, 7) is 2.47. The van der Waals surface area contributed by atoms with Gasteiger partial charge in [-0.1, -0.05) is 0 Å². The molecule has 2 rings (SSSR count). The number of esters is 1. The lowest BCUT2D eigenvalue weighted by atomic mass is 10.1. The topological polar surface area (TPSA) is 64.8 Å². The van der Waals surface area contributed by atoms with Crippen LogP contribution in [0.5, 0.6) is 0 Å². The Morgan fingerprint density at radius 1 is 1.42 bits per heavy atom. The molecule has 1 aromatic carbocycles. The van der Waals surface area contributed by atoms with Crippen molar-refractivity contribution < 1.29 is 18.7 Å². The minimum absolute atomic E-state index is 0.0826. The van der Waals surface area contributed by atoms with Crippen LogP contribution in [0.4, 0.5) is 15.8 Å². The number of nitrogens with two attached hydrogens (primary N) is 1. The molecular formula is C13H17FN2O3. The third-order valence-corrected chi connectivity index (χ3v) is 3.09. The largest absolute Gasteiger partial charge is 0.465 e. The molecule has 5 nitrogen and oxygen atoms in total. The lowest BCUT2D eigenvalue weighted by Gasteiger charge is -2.23. The van der Waals surface area contributed by atoms with Gasteiger partial charge in [-0.25, -0.2) is 9.18 Å². The number of rotatable bonds is 2. The van der Waals surface area contributed by atoms with E-state index < -0.39 is 11.8 Å². The first kappa shape index (κ1) is 13.6. The van der Waals surface area contributed by atoms with Crippen molar-refractivity contribution in [3.8, 4) is 0 Å². The van der Waals surface area contributed by atoms with Gasteiger partial charge in [-0.15, -0.1) is 0 Å². The fourth-order valence-corrected chi connectivity index (χ4v) is 2.09. The Morgan fingerprint density at radius 2 is 2.21 bits per heavy atom. The molecule has 0 radical (unpaired) electrons. The van der Waals surface area contributed by atoms with Gasteiger partial charge >= 0.3 is 5.97 Å². The summed E-state index contributed by atoms with van der Waals surface area (Å²) in [5.74, 6) is -1.00. The maximum atomic E-state index is 14.0. The van der Waals surface area contributed by atoms with Gasteiger partial charge in [-0.05, 0) is 18.6 Å². The summed E-state index contributed by atoms with van der Waals surface area (Å²) in [6.07, 6.45) is 0.817. The zero-order chi connectivity index (χ0) is 13.8. The van der Waals surface area contributed by atoms with Crippen LogP contribution < -0.4 is 10.6 Å². The number of nitrogen functional groups attached to an aromatic ring is 1. The van der Waals surface area contributed by atoms with Crippen LogP contribution in [-0.2, 0) is 9.47 Å². The first-order chi connectivity index (χ1) is 9.13. The van der Waals surface area contributed by atoms with Gasteiger partial charge in [0, 0.05) is 25.4 Å². The minimum Gasteiger partial charge on any atom is -0.465 e. The van der Waals surface area contributed by atoms with Crippen molar-refractivity contribution in [2.75, 3.05) is 44.0 Å². The number of anilines is 2. The number of hydrogen-bond acceptors (Lipinski definition) is 5. The average Bonchev–Trinajstić information content (AvgIpc) is 2.67. The number of carbonyl (C=O) groups excluding carboxylic acids is 1. The number of ether oxygens (including phenoxy) is 2. The van der Waals surface area contributed by atoms with Gasteiger partial charge < -0.3 is 20.1 Å². The first-order valence-electron chi connectivity index (χ1n) is 6.13. The van der Waals surface area contributed by atoms with E-state index in [0.29, 0.717) is 32.0 Å². The van der Waals surface area contributed by atoms with E-state index in [9.17, 15) is 9.18 Å². The summed E-state index contributed by atoms with van der Waals surface area (Å²) in [5.41, 5.74) is 6.27. The Morgan fingerprint density at radius 3 is 2.95 bits per heavy atom. The second kappa shape index (κ2) is 5.88. The summed E-state index contributed by atoms with van der Waals surface area (Å²) in [6, 6.07) is 2.61. The zero-order valence-corrected chi connectivity index (χ0v) is 10.8. The van der Waals surface area contributed by atoms with Crippen LogP contribution in [0.25, 0.3) is 0 Å². The van der Waals surface area contributed by atoms with Gasteiger partial charge in [-0.2, -0.15) is 0 Å². The summed E-state index contributed by atoms with van der Waals surface area (Å²) >= 11 is 0. The molecule has 0 spiro atoms. The van der Waals surface area contributed by atoms with Crippen molar-refractivity contribution in [3.05, 3.63) is 23.5 Å². The number of benzene rings is 1. The molecule has 2 N–H and O–H groups in total. The lowest BCUT2D eigenvalue weighted by molar-refractivity contribution is 0.0602. The monoisotopic (exact) mass is 268 g/mol. The molecule has 104 valence electrons. The van der Waals surface area contributed by atoms with Crippen LogP contribution in [0.3, 0.4) is 0 Å². The quantitative estimate of drug-likeness (QED) is 0.649. The van der Waals surface area contributed by atoms with Crippen LogP contribution in [-0.4, -0.2) is 39.4 Å². The third-order valence-electron chi connectivity index (χ3n) is 3.09. The maximum absolute atomic E-state index is 14.0. The molecule has 19 heavy (non-hydrogen) atoms. The molecule has 0 aromatic heterocycles. The smallest absolute Gasteiger partial charge is 0.340 e.